The maximum absolute atomic E-state index is 5.36. The Morgan fingerprint density at radius 3 is 2.71 bits per heavy atom. The SMILES string of the molecule is CCOc1cncc(C#Cc2cccnc2)c1. The number of aromatic nitrogens is 2. The Morgan fingerprint density at radius 1 is 1.12 bits per heavy atom. The number of ether oxygens (including phenoxy) is 1. The summed E-state index contributed by atoms with van der Waals surface area (Å²) in [6.07, 6.45) is 6.85. The highest BCUT2D eigenvalue weighted by molar-refractivity contribution is 5.42. The number of rotatable bonds is 2. The predicted octanol–water partition coefficient (Wildman–Crippen LogP) is 2.28. The Morgan fingerprint density at radius 2 is 1.94 bits per heavy atom. The lowest BCUT2D eigenvalue weighted by atomic mass is 10.2. The quantitative estimate of drug-likeness (QED) is 0.734. The van der Waals surface area contributed by atoms with Crippen LogP contribution in [0.4, 0.5) is 0 Å². The molecule has 0 N–H and O–H groups in total. The molecule has 17 heavy (non-hydrogen) atoms. The largest absolute Gasteiger partial charge is 0.492 e. The molecular weight excluding hydrogens is 212 g/mol. The molecule has 0 radical (unpaired) electrons. The summed E-state index contributed by atoms with van der Waals surface area (Å²) < 4.78 is 5.36. The summed E-state index contributed by atoms with van der Waals surface area (Å²) in [6.45, 7) is 2.56. The predicted molar refractivity (Wildman–Crippen MR) is 65.6 cm³/mol. The van der Waals surface area contributed by atoms with Gasteiger partial charge in [0.05, 0.1) is 12.8 Å². The van der Waals surface area contributed by atoms with Crippen LogP contribution >= 0.6 is 0 Å². The van der Waals surface area contributed by atoms with E-state index in [0.29, 0.717) is 6.61 Å². The van der Waals surface area contributed by atoms with Gasteiger partial charge < -0.3 is 4.74 Å². The van der Waals surface area contributed by atoms with Crippen LogP contribution in [0.25, 0.3) is 0 Å². The maximum Gasteiger partial charge on any atom is 0.138 e. The van der Waals surface area contributed by atoms with Gasteiger partial charge in [0.15, 0.2) is 0 Å². The van der Waals surface area contributed by atoms with E-state index in [-0.39, 0.29) is 0 Å². The molecule has 0 fully saturated rings. The molecule has 2 aromatic rings. The van der Waals surface area contributed by atoms with Gasteiger partial charge in [-0.15, -0.1) is 0 Å². The molecule has 3 heteroatoms. The lowest BCUT2D eigenvalue weighted by Crippen LogP contribution is -1.92. The highest BCUT2D eigenvalue weighted by atomic mass is 16.5. The second-order valence-electron chi connectivity index (χ2n) is 3.33. The third-order valence-electron chi connectivity index (χ3n) is 2.04. The molecule has 0 amide bonds. The molecule has 84 valence electrons. The summed E-state index contributed by atoms with van der Waals surface area (Å²) >= 11 is 0. The molecule has 0 aliphatic rings. The summed E-state index contributed by atoms with van der Waals surface area (Å²) in [6, 6.07) is 5.65. The minimum atomic E-state index is 0.626. The monoisotopic (exact) mass is 224 g/mol. The van der Waals surface area contributed by atoms with Crippen LogP contribution in [-0.4, -0.2) is 16.6 Å². The molecule has 3 nitrogen and oxygen atoms in total. The minimum absolute atomic E-state index is 0.626. The first-order valence-electron chi connectivity index (χ1n) is 5.38. The molecular formula is C14H12N2O. The third kappa shape index (κ3) is 3.32. The molecule has 2 heterocycles. The number of hydrogen-bond acceptors (Lipinski definition) is 3. The molecule has 0 aromatic carbocycles. The topological polar surface area (TPSA) is 35.0 Å². The van der Waals surface area contributed by atoms with E-state index >= 15 is 0 Å². The second kappa shape index (κ2) is 5.66. The molecule has 0 spiro atoms. The highest BCUT2D eigenvalue weighted by Crippen LogP contribution is 2.10. The van der Waals surface area contributed by atoms with Crippen LogP contribution in [0, 0.1) is 11.8 Å². The molecule has 2 rings (SSSR count). The van der Waals surface area contributed by atoms with E-state index in [1.165, 1.54) is 0 Å². The first-order chi connectivity index (χ1) is 8.38. The molecule has 0 saturated carbocycles. The van der Waals surface area contributed by atoms with Gasteiger partial charge in [-0.05, 0) is 25.1 Å². The van der Waals surface area contributed by atoms with Gasteiger partial charge in [0.25, 0.3) is 0 Å². The van der Waals surface area contributed by atoms with Crippen molar-refractivity contribution in [2.75, 3.05) is 6.61 Å². The van der Waals surface area contributed by atoms with Crippen molar-refractivity contribution in [1.82, 2.24) is 9.97 Å². The smallest absolute Gasteiger partial charge is 0.138 e. The molecule has 0 saturated heterocycles. The van der Waals surface area contributed by atoms with Crippen LogP contribution in [-0.2, 0) is 0 Å². The van der Waals surface area contributed by atoms with Gasteiger partial charge in [0.2, 0.25) is 0 Å². The first-order valence-corrected chi connectivity index (χ1v) is 5.38. The summed E-state index contributed by atoms with van der Waals surface area (Å²) in [5.74, 6) is 6.79. The van der Waals surface area contributed by atoms with Crippen molar-refractivity contribution in [1.29, 1.82) is 0 Å². The van der Waals surface area contributed by atoms with E-state index in [0.717, 1.165) is 16.9 Å². The number of pyridine rings is 2. The van der Waals surface area contributed by atoms with Gasteiger partial charge in [-0.2, -0.15) is 0 Å². The Labute approximate surface area is 101 Å². The van der Waals surface area contributed by atoms with Gasteiger partial charge in [-0.3, -0.25) is 9.97 Å². The zero-order chi connectivity index (χ0) is 11.9. The second-order valence-corrected chi connectivity index (χ2v) is 3.33. The Bertz CT molecular complexity index is 541. The van der Waals surface area contributed by atoms with E-state index in [2.05, 4.69) is 21.8 Å². The van der Waals surface area contributed by atoms with E-state index in [1.54, 1.807) is 24.8 Å². The Hall–Kier alpha value is -2.34. The lowest BCUT2D eigenvalue weighted by Gasteiger charge is -2.01. The zero-order valence-corrected chi connectivity index (χ0v) is 9.55. The van der Waals surface area contributed by atoms with Gasteiger partial charge >= 0.3 is 0 Å². The van der Waals surface area contributed by atoms with E-state index in [4.69, 9.17) is 4.74 Å². The highest BCUT2D eigenvalue weighted by Gasteiger charge is 1.93. The van der Waals surface area contributed by atoms with Crippen molar-refractivity contribution < 1.29 is 4.74 Å². The van der Waals surface area contributed by atoms with Gasteiger partial charge in [-0.1, -0.05) is 11.8 Å². The zero-order valence-electron chi connectivity index (χ0n) is 9.55. The van der Waals surface area contributed by atoms with Crippen LogP contribution in [0.1, 0.15) is 18.1 Å². The Balaban J connectivity index is 2.19. The van der Waals surface area contributed by atoms with Crippen molar-refractivity contribution >= 4 is 0 Å². The van der Waals surface area contributed by atoms with E-state index in [9.17, 15) is 0 Å². The van der Waals surface area contributed by atoms with E-state index in [1.807, 2.05) is 25.1 Å². The lowest BCUT2D eigenvalue weighted by molar-refractivity contribution is 0.339. The average molecular weight is 224 g/mol. The minimum Gasteiger partial charge on any atom is -0.492 e. The molecule has 0 unspecified atom stereocenters. The standard InChI is InChI=1S/C14H12N2O/c1-2-17-14-8-13(10-16-11-14)6-5-12-4-3-7-15-9-12/h3-4,7-11H,2H2,1H3. The van der Waals surface area contributed by atoms with Crippen LogP contribution < -0.4 is 4.74 Å². The fraction of sp³-hybridized carbons (Fsp3) is 0.143. The van der Waals surface area contributed by atoms with Crippen molar-refractivity contribution in [3.63, 3.8) is 0 Å². The van der Waals surface area contributed by atoms with Crippen molar-refractivity contribution in [2.24, 2.45) is 0 Å². The summed E-state index contributed by atoms with van der Waals surface area (Å²) in [4.78, 5) is 8.07. The fourth-order valence-corrected chi connectivity index (χ4v) is 1.31. The fourth-order valence-electron chi connectivity index (χ4n) is 1.31. The van der Waals surface area contributed by atoms with Gasteiger partial charge in [0, 0.05) is 29.7 Å². The molecule has 0 aliphatic heterocycles. The molecule has 0 aliphatic carbocycles. The van der Waals surface area contributed by atoms with Gasteiger partial charge in [-0.25, -0.2) is 0 Å². The third-order valence-corrected chi connectivity index (χ3v) is 2.04. The Kier molecular flexibility index (Phi) is 3.72. The van der Waals surface area contributed by atoms with Crippen LogP contribution in [0.5, 0.6) is 5.75 Å². The van der Waals surface area contributed by atoms with Crippen molar-refractivity contribution in [3.05, 3.63) is 54.1 Å². The summed E-state index contributed by atoms with van der Waals surface area (Å²) in [7, 11) is 0. The van der Waals surface area contributed by atoms with Crippen LogP contribution in [0.3, 0.4) is 0 Å². The summed E-state index contributed by atoms with van der Waals surface area (Å²) in [5.41, 5.74) is 1.72. The van der Waals surface area contributed by atoms with Crippen molar-refractivity contribution in [2.45, 2.75) is 6.92 Å². The van der Waals surface area contributed by atoms with E-state index < -0.39 is 0 Å². The molecule has 2 aromatic heterocycles. The van der Waals surface area contributed by atoms with Crippen LogP contribution in [0.15, 0.2) is 43.0 Å². The van der Waals surface area contributed by atoms with Crippen molar-refractivity contribution in [3.8, 4) is 17.6 Å². The molecule has 0 bridgehead atoms. The van der Waals surface area contributed by atoms with Crippen LogP contribution in [0.2, 0.25) is 0 Å². The first kappa shape index (κ1) is 11.2. The molecule has 0 atom stereocenters. The van der Waals surface area contributed by atoms with Gasteiger partial charge in [0.1, 0.15) is 5.75 Å². The average Bonchev–Trinajstić information content (AvgIpc) is 2.39. The normalized spacial score (nSPS) is 9.24. The summed E-state index contributed by atoms with van der Waals surface area (Å²) in [5, 5.41) is 0. The number of nitrogens with zero attached hydrogens (tertiary/aromatic N) is 2. The maximum atomic E-state index is 5.36. The number of hydrogen-bond donors (Lipinski definition) is 0.